The molecule has 2 atom stereocenters. The Balaban J connectivity index is 1.49. The Morgan fingerprint density at radius 3 is 2.67 bits per heavy atom. The molecular weight excluding hydrogens is 475 g/mol. The van der Waals surface area contributed by atoms with Gasteiger partial charge in [-0.15, -0.1) is 0 Å². The van der Waals surface area contributed by atoms with Gasteiger partial charge in [-0.05, 0) is 17.7 Å². The number of rotatable bonds is 7. The normalized spacial score (nSPS) is 16.9. The molecule has 0 unspecified atom stereocenters. The van der Waals surface area contributed by atoms with Gasteiger partial charge in [-0.3, -0.25) is 15.0 Å². The maximum Gasteiger partial charge on any atom is 0.410 e. The number of methoxy groups -OCH3 is 1. The number of hydrogen-bond acceptors (Lipinski definition) is 9. The molecule has 36 heavy (non-hydrogen) atoms. The Kier molecular flexibility index (Phi) is 7.33. The molecule has 4 rings (SSSR count). The van der Waals surface area contributed by atoms with Crippen molar-refractivity contribution >= 4 is 17.7 Å². The first-order valence-electron chi connectivity index (χ1n) is 10.9. The van der Waals surface area contributed by atoms with Crippen molar-refractivity contribution in [3.63, 3.8) is 0 Å². The predicted octanol–water partition coefficient (Wildman–Crippen LogP) is 3.52. The van der Waals surface area contributed by atoms with Gasteiger partial charge >= 0.3 is 23.8 Å². The van der Waals surface area contributed by atoms with Crippen LogP contribution in [0.5, 0.6) is 6.01 Å². The Morgan fingerprint density at radius 2 is 1.94 bits per heavy atom. The molecule has 1 aliphatic rings. The average Bonchev–Trinajstić information content (AvgIpc) is 3.31. The largest absolute Gasteiger partial charge is 0.467 e. The predicted molar refractivity (Wildman–Crippen MR) is 122 cm³/mol. The molecule has 1 aromatic heterocycles. The second kappa shape index (κ2) is 10.8. The van der Waals surface area contributed by atoms with Crippen molar-refractivity contribution < 1.29 is 33.1 Å². The maximum absolute atomic E-state index is 14.6. The number of nitro benzene ring substituents is 1. The minimum Gasteiger partial charge on any atom is -0.467 e. The lowest BCUT2D eigenvalue weighted by atomic mass is 10.1. The van der Waals surface area contributed by atoms with E-state index in [-0.39, 0.29) is 36.8 Å². The molecule has 0 N–H and O–H groups in total. The van der Waals surface area contributed by atoms with E-state index in [1.165, 1.54) is 36.4 Å². The van der Waals surface area contributed by atoms with Crippen LogP contribution in [0.2, 0.25) is 0 Å². The molecule has 2 heterocycles. The van der Waals surface area contributed by atoms with Gasteiger partial charge in [0.15, 0.2) is 0 Å². The highest BCUT2D eigenvalue weighted by molar-refractivity contribution is 5.82. The molecular formula is C24H21FN4O7. The van der Waals surface area contributed by atoms with E-state index in [4.69, 9.17) is 14.2 Å². The monoisotopic (exact) mass is 496 g/mol. The number of ether oxygens (including phenoxy) is 3. The Morgan fingerprint density at radius 1 is 1.17 bits per heavy atom. The van der Waals surface area contributed by atoms with E-state index in [2.05, 4.69) is 9.97 Å². The van der Waals surface area contributed by atoms with Gasteiger partial charge in [0, 0.05) is 24.2 Å². The van der Waals surface area contributed by atoms with Crippen LogP contribution < -0.4 is 4.74 Å². The molecule has 0 bridgehead atoms. The smallest absolute Gasteiger partial charge is 0.410 e. The fourth-order valence-corrected chi connectivity index (χ4v) is 3.80. The summed E-state index contributed by atoms with van der Waals surface area (Å²) >= 11 is 0. The highest BCUT2D eigenvalue weighted by atomic mass is 19.1. The minimum absolute atomic E-state index is 0.00779. The van der Waals surface area contributed by atoms with E-state index in [9.17, 15) is 24.1 Å². The van der Waals surface area contributed by atoms with Gasteiger partial charge in [-0.2, -0.15) is 9.37 Å². The number of hydrogen-bond donors (Lipinski definition) is 0. The minimum atomic E-state index is -1.04. The number of benzene rings is 2. The standard InChI is InChI=1S/C24H21FN4O7/c1-34-22(30)20-12-16(13-28(20)24(31)35-14-15-6-3-2-4-7-15)36-23-26-11-10-18(27-23)17-8-5-9-19(21(17)25)29(32)33/h2-11,16,20H,12-14H2,1H3/t16-,20-/m0/s1. The topological polar surface area (TPSA) is 134 Å². The summed E-state index contributed by atoms with van der Waals surface area (Å²) in [6, 6.07) is 13.1. The molecule has 12 heteroatoms. The third-order valence-electron chi connectivity index (χ3n) is 5.53. The second-order valence-electron chi connectivity index (χ2n) is 7.83. The first-order valence-corrected chi connectivity index (χ1v) is 10.9. The van der Waals surface area contributed by atoms with Crippen molar-refractivity contribution in [1.82, 2.24) is 14.9 Å². The van der Waals surface area contributed by atoms with Crippen molar-refractivity contribution in [2.24, 2.45) is 0 Å². The zero-order chi connectivity index (χ0) is 25.7. The summed E-state index contributed by atoms with van der Waals surface area (Å²) in [6.07, 6.45) is -0.00209. The molecule has 1 saturated heterocycles. The summed E-state index contributed by atoms with van der Waals surface area (Å²) < 4.78 is 30.6. The molecule has 0 saturated carbocycles. The third kappa shape index (κ3) is 5.37. The number of carbonyl (C=O) groups is 2. The van der Waals surface area contributed by atoms with E-state index in [1.54, 1.807) is 12.1 Å². The first-order chi connectivity index (χ1) is 17.4. The molecule has 1 aliphatic heterocycles. The summed E-state index contributed by atoms with van der Waals surface area (Å²) in [6.45, 7) is 0.0155. The molecule has 186 valence electrons. The second-order valence-corrected chi connectivity index (χ2v) is 7.83. The fourth-order valence-electron chi connectivity index (χ4n) is 3.80. The van der Waals surface area contributed by atoms with Crippen LogP contribution in [0.25, 0.3) is 11.3 Å². The van der Waals surface area contributed by atoms with Crippen molar-refractivity contribution in [3.8, 4) is 17.3 Å². The number of aromatic nitrogens is 2. The molecule has 0 spiro atoms. The van der Waals surface area contributed by atoms with Crippen LogP contribution in [0.15, 0.2) is 60.8 Å². The van der Waals surface area contributed by atoms with E-state index in [0.29, 0.717) is 0 Å². The van der Waals surface area contributed by atoms with Gasteiger partial charge in [-0.1, -0.05) is 36.4 Å². The van der Waals surface area contributed by atoms with Crippen molar-refractivity contribution in [2.45, 2.75) is 25.2 Å². The number of nitro groups is 1. The Bertz CT molecular complexity index is 1270. The van der Waals surface area contributed by atoms with Crippen molar-refractivity contribution in [1.29, 1.82) is 0 Å². The van der Waals surface area contributed by atoms with Gasteiger partial charge in [0.05, 0.1) is 24.3 Å². The van der Waals surface area contributed by atoms with Crippen LogP contribution >= 0.6 is 0 Å². The molecule has 11 nitrogen and oxygen atoms in total. The first kappa shape index (κ1) is 24.5. The summed E-state index contributed by atoms with van der Waals surface area (Å²) in [5.74, 6) is -1.67. The van der Waals surface area contributed by atoms with Crippen LogP contribution in [-0.4, -0.2) is 57.7 Å². The van der Waals surface area contributed by atoms with E-state index >= 15 is 0 Å². The van der Waals surface area contributed by atoms with Gasteiger partial charge in [0.2, 0.25) is 5.82 Å². The summed E-state index contributed by atoms with van der Waals surface area (Å²) in [7, 11) is 1.21. The quantitative estimate of drug-likeness (QED) is 0.273. The van der Waals surface area contributed by atoms with Crippen LogP contribution in [0.4, 0.5) is 14.9 Å². The molecule has 2 aromatic carbocycles. The molecule has 0 aliphatic carbocycles. The molecule has 3 aromatic rings. The lowest BCUT2D eigenvalue weighted by molar-refractivity contribution is -0.387. The van der Waals surface area contributed by atoms with Crippen LogP contribution in [0.3, 0.4) is 0 Å². The third-order valence-corrected chi connectivity index (χ3v) is 5.53. The van der Waals surface area contributed by atoms with Crippen LogP contribution in [0.1, 0.15) is 12.0 Å². The zero-order valence-electron chi connectivity index (χ0n) is 19.1. The lowest BCUT2D eigenvalue weighted by Gasteiger charge is -2.21. The van der Waals surface area contributed by atoms with E-state index < -0.39 is 40.6 Å². The highest BCUT2D eigenvalue weighted by Crippen LogP contribution is 2.29. The number of amides is 1. The zero-order valence-corrected chi connectivity index (χ0v) is 19.1. The van der Waals surface area contributed by atoms with Crippen LogP contribution in [-0.2, 0) is 20.9 Å². The van der Waals surface area contributed by atoms with E-state index in [0.717, 1.165) is 11.6 Å². The van der Waals surface area contributed by atoms with Gasteiger partial charge in [-0.25, -0.2) is 14.6 Å². The number of esters is 1. The number of halogens is 1. The Labute approximate surface area is 204 Å². The molecule has 0 radical (unpaired) electrons. The number of nitrogens with zero attached hydrogens (tertiary/aromatic N) is 4. The summed E-state index contributed by atoms with van der Waals surface area (Å²) in [4.78, 5) is 44.6. The summed E-state index contributed by atoms with van der Waals surface area (Å²) in [5, 5.41) is 11.1. The van der Waals surface area contributed by atoms with E-state index in [1.807, 2.05) is 18.2 Å². The molecule has 1 amide bonds. The molecule has 1 fully saturated rings. The number of likely N-dealkylation sites (tertiary alicyclic amines) is 1. The highest BCUT2D eigenvalue weighted by Gasteiger charge is 2.42. The van der Waals surface area contributed by atoms with Gasteiger partial charge < -0.3 is 14.2 Å². The van der Waals surface area contributed by atoms with Gasteiger partial charge in [0.25, 0.3) is 0 Å². The van der Waals surface area contributed by atoms with Gasteiger partial charge in [0.1, 0.15) is 18.8 Å². The summed E-state index contributed by atoms with van der Waals surface area (Å²) in [5.41, 5.74) is 0.0743. The van der Waals surface area contributed by atoms with Crippen LogP contribution in [0, 0.1) is 15.9 Å². The average molecular weight is 496 g/mol. The SMILES string of the molecule is COC(=O)[C@@H]1C[C@H](Oc2nccc(-c3cccc([N+](=O)[O-])c3F)n2)CN1C(=O)OCc1ccccc1. The van der Waals surface area contributed by atoms with Crippen molar-refractivity contribution in [2.75, 3.05) is 13.7 Å². The fraction of sp³-hybridized carbons (Fsp3) is 0.250. The Hall–Kier alpha value is -4.61. The maximum atomic E-state index is 14.6. The number of carbonyl (C=O) groups excluding carboxylic acids is 2. The lowest BCUT2D eigenvalue weighted by Crippen LogP contribution is -2.41. The van der Waals surface area contributed by atoms with Crippen molar-refractivity contribution in [3.05, 3.63) is 82.3 Å².